The lowest BCUT2D eigenvalue weighted by molar-refractivity contribution is -0.153. The van der Waals surface area contributed by atoms with Gasteiger partial charge in [0.05, 0.1) is 17.7 Å². The van der Waals surface area contributed by atoms with Crippen molar-refractivity contribution in [1.82, 2.24) is 9.88 Å². The first kappa shape index (κ1) is 20.4. The lowest BCUT2D eigenvalue weighted by atomic mass is 9.56. The summed E-state index contributed by atoms with van der Waals surface area (Å²) in [6.07, 6.45) is 7.99. The summed E-state index contributed by atoms with van der Waals surface area (Å²) in [5, 5.41) is 10.6. The Morgan fingerprint density at radius 2 is 2.03 bits per heavy atom. The van der Waals surface area contributed by atoms with Crippen LogP contribution in [0.2, 0.25) is 0 Å². The zero-order valence-corrected chi connectivity index (χ0v) is 18.6. The number of H-pyrrole nitrogens is 1. The molecule has 0 radical (unpaired) electrons. The molecule has 2 saturated heterocycles. The van der Waals surface area contributed by atoms with Crippen LogP contribution in [0.5, 0.6) is 5.75 Å². The van der Waals surface area contributed by atoms with Crippen molar-refractivity contribution in [1.29, 1.82) is 5.26 Å². The van der Waals surface area contributed by atoms with Crippen molar-refractivity contribution in [3.05, 3.63) is 30.0 Å². The summed E-state index contributed by atoms with van der Waals surface area (Å²) in [5.74, 6) is 0.977. The molecular formula is C23H27N3O4S. The molecule has 7 nitrogen and oxygen atoms in total. The Kier molecular flexibility index (Phi) is 4.60. The average molecular weight is 442 g/mol. The van der Waals surface area contributed by atoms with Crippen molar-refractivity contribution < 1.29 is 17.4 Å². The van der Waals surface area contributed by atoms with E-state index in [1.807, 2.05) is 13.1 Å². The summed E-state index contributed by atoms with van der Waals surface area (Å²) in [5.41, 5.74) is 1.63. The van der Waals surface area contributed by atoms with Crippen molar-refractivity contribution in [3.8, 4) is 11.8 Å². The van der Waals surface area contributed by atoms with Crippen molar-refractivity contribution in [3.63, 3.8) is 0 Å². The second kappa shape index (κ2) is 6.99. The van der Waals surface area contributed by atoms with Crippen LogP contribution in [0.15, 0.2) is 24.4 Å². The summed E-state index contributed by atoms with van der Waals surface area (Å²) >= 11 is 0. The second-order valence-corrected chi connectivity index (χ2v) is 11.4. The summed E-state index contributed by atoms with van der Waals surface area (Å²) in [4.78, 5) is 18.7. The highest BCUT2D eigenvalue weighted by molar-refractivity contribution is 7.86. The van der Waals surface area contributed by atoms with E-state index in [9.17, 15) is 18.5 Å². The fraction of sp³-hybridized carbons (Fsp3) is 0.565. The first-order valence-electron chi connectivity index (χ1n) is 10.9. The molecule has 31 heavy (non-hydrogen) atoms. The number of benzene rings is 1. The van der Waals surface area contributed by atoms with Crippen molar-refractivity contribution in [2.75, 3.05) is 6.26 Å². The first-order valence-corrected chi connectivity index (χ1v) is 12.7. The van der Waals surface area contributed by atoms with Gasteiger partial charge in [-0.3, -0.25) is 4.79 Å². The topological polar surface area (TPSA) is 103 Å². The predicted molar refractivity (Wildman–Crippen MR) is 116 cm³/mol. The number of hydrogen-bond donors (Lipinski definition) is 1. The van der Waals surface area contributed by atoms with E-state index in [-0.39, 0.29) is 35.1 Å². The molecule has 3 unspecified atom stereocenters. The Bertz CT molecular complexity index is 1180. The molecule has 1 N–H and O–H groups in total. The molecule has 3 atom stereocenters. The molecule has 4 aliphatic rings. The molecule has 2 aliphatic carbocycles. The van der Waals surface area contributed by atoms with Crippen LogP contribution in [0.3, 0.4) is 0 Å². The number of aromatic nitrogens is 1. The lowest BCUT2D eigenvalue weighted by Crippen LogP contribution is -2.63. The number of carbonyl (C=O) groups excluding carboxylic acids is 1. The molecule has 3 heterocycles. The van der Waals surface area contributed by atoms with Crippen LogP contribution in [-0.2, 0) is 14.9 Å². The molecule has 2 saturated carbocycles. The Hall–Kier alpha value is -2.53. The minimum atomic E-state index is -3.61. The molecule has 6 rings (SSSR count). The summed E-state index contributed by atoms with van der Waals surface area (Å²) in [6.45, 7) is 2.03. The molecule has 1 aromatic carbocycles. The monoisotopic (exact) mass is 441 g/mol. The minimum Gasteiger partial charge on any atom is -0.383 e. The van der Waals surface area contributed by atoms with Gasteiger partial charge in [-0.2, -0.15) is 13.7 Å². The molecular weight excluding hydrogens is 414 g/mol. The minimum absolute atomic E-state index is 0.0307. The van der Waals surface area contributed by atoms with E-state index in [2.05, 4.69) is 16.0 Å². The van der Waals surface area contributed by atoms with Gasteiger partial charge in [-0.1, -0.05) is 6.92 Å². The maximum atomic E-state index is 13.4. The standard InChI is InChI=1S/C23H27N3O4S/c1-14(20-12-25-21-4-3-18(8-19(20)21)30-31(2,28)29)5-22(27)26-16-6-15-7-17(26)11-23(9-15,10-16)13-24/h3-4,8,12,14-17,25H,5-7,9-11H2,1-2H3. The summed E-state index contributed by atoms with van der Waals surface area (Å²) in [6, 6.07) is 8.09. The summed E-state index contributed by atoms with van der Waals surface area (Å²) in [7, 11) is -3.61. The second-order valence-electron chi connectivity index (χ2n) is 9.79. The van der Waals surface area contributed by atoms with Gasteiger partial charge in [0.1, 0.15) is 5.75 Å². The van der Waals surface area contributed by atoms with Crippen molar-refractivity contribution in [2.24, 2.45) is 11.3 Å². The third-order valence-corrected chi connectivity index (χ3v) is 7.89. The van der Waals surface area contributed by atoms with Crippen LogP contribution in [0, 0.1) is 22.7 Å². The Labute approximate surface area is 182 Å². The SMILES string of the molecule is CC(CC(=O)N1C2CC3CC1CC(C#N)(C3)C2)c1c[nH]c2ccc(OS(C)(=O)=O)cc12. The van der Waals surface area contributed by atoms with Crippen LogP contribution in [0.25, 0.3) is 10.9 Å². The molecule has 4 fully saturated rings. The van der Waals surface area contributed by atoms with Crippen LogP contribution in [0.4, 0.5) is 0 Å². The quantitative estimate of drug-likeness (QED) is 0.713. The van der Waals surface area contributed by atoms with E-state index in [1.165, 1.54) is 0 Å². The number of carbonyl (C=O) groups is 1. The molecule has 1 aromatic heterocycles. The van der Waals surface area contributed by atoms with Crippen LogP contribution in [-0.4, -0.2) is 42.5 Å². The van der Waals surface area contributed by atoms with E-state index in [0.717, 1.165) is 54.8 Å². The number of nitriles is 1. The fourth-order valence-corrected chi connectivity index (χ4v) is 6.86. The molecule has 2 aromatic rings. The smallest absolute Gasteiger partial charge is 0.306 e. The molecule has 0 spiro atoms. The van der Waals surface area contributed by atoms with Crippen molar-refractivity contribution in [2.45, 2.75) is 63.5 Å². The third-order valence-electron chi connectivity index (χ3n) is 7.40. The first-order chi connectivity index (χ1) is 14.7. The summed E-state index contributed by atoms with van der Waals surface area (Å²) < 4.78 is 28.0. The highest BCUT2D eigenvalue weighted by Gasteiger charge is 2.55. The number of rotatable bonds is 5. The molecule has 4 bridgehead atoms. The number of piperidine rings is 2. The maximum absolute atomic E-state index is 13.4. The van der Waals surface area contributed by atoms with E-state index in [1.54, 1.807) is 18.2 Å². The number of nitrogens with zero attached hydrogens (tertiary/aromatic N) is 2. The fourth-order valence-electron chi connectivity index (χ4n) is 6.40. The largest absolute Gasteiger partial charge is 0.383 e. The Balaban J connectivity index is 1.35. The Morgan fingerprint density at radius 3 is 2.68 bits per heavy atom. The van der Waals surface area contributed by atoms with Gasteiger partial charge in [0.2, 0.25) is 5.91 Å². The lowest BCUT2D eigenvalue weighted by Gasteiger charge is -2.59. The van der Waals surface area contributed by atoms with E-state index in [0.29, 0.717) is 12.3 Å². The van der Waals surface area contributed by atoms with E-state index in [4.69, 9.17) is 4.18 Å². The normalized spacial score (nSPS) is 30.4. The van der Waals surface area contributed by atoms with Gasteiger partial charge in [-0.25, -0.2) is 0 Å². The molecule has 8 heteroatoms. The van der Waals surface area contributed by atoms with Crippen LogP contribution < -0.4 is 4.18 Å². The van der Waals surface area contributed by atoms with E-state index >= 15 is 0 Å². The zero-order valence-electron chi connectivity index (χ0n) is 17.8. The molecule has 1 amide bonds. The highest BCUT2D eigenvalue weighted by atomic mass is 32.2. The van der Waals surface area contributed by atoms with Gasteiger partial charge in [0.25, 0.3) is 0 Å². The van der Waals surface area contributed by atoms with Gasteiger partial charge in [0, 0.05) is 35.6 Å². The van der Waals surface area contributed by atoms with Gasteiger partial charge < -0.3 is 14.1 Å². The molecule has 2 aliphatic heterocycles. The Morgan fingerprint density at radius 1 is 1.32 bits per heavy atom. The molecule has 164 valence electrons. The van der Waals surface area contributed by atoms with Gasteiger partial charge >= 0.3 is 10.1 Å². The number of nitrogens with one attached hydrogen (secondary N) is 1. The average Bonchev–Trinajstić information content (AvgIpc) is 3.09. The van der Waals surface area contributed by atoms with Gasteiger partial charge in [-0.05, 0) is 67.7 Å². The highest BCUT2D eigenvalue weighted by Crippen LogP contribution is 2.56. The van der Waals surface area contributed by atoms with Crippen molar-refractivity contribution >= 4 is 26.9 Å². The number of amides is 1. The number of hydrogen-bond acceptors (Lipinski definition) is 5. The third kappa shape index (κ3) is 3.59. The number of fused-ring (bicyclic) bond motifs is 1. The van der Waals surface area contributed by atoms with Crippen LogP contribution in [0.1, 0.15) is 56.9 Å². The van der Waals surface area contributed by atoms with Gasteiger partial charge in [0.15, 0.2) is 0 Å². The maximum Gasteiger partial charge on any atom is 0.306 e. The van der Waals surface area contributed by atoms with Crippen LogP contribution >= 0.6 is 0 Å². The van der Waals surface area contributed by atoms with Gasteiger partial charge in [-0.15, -0.1) is 0 Å². The number of aromatic amines is 1. The van der Waals surface area contributed by atoms with E-state index < -0.39 is 10.1 Å². The zero-order chi connectivity index (χ0) is 22.0. The predicted octanol–water partition coefficient (Wildman–Crippen LogP) is 3.68.